The van der Waals surface area contributed by atoms with Crippen LogP contribution in [-0.2, 0) is 9.63 Å². The predicted octanol–water partition coefficient (Wildman–Crippen LogP) is -0.224. The summed E-state index contributed by atoms with van der Waals surface area (Å²) < 4.78 is 0. The number of nitrogens with zero attached hydrogens (tertiary/aromatic N) is 1. The number of carbonyl (C=O) groups is 1. The van der Waals surface area contributed by atoms with E-state index in [1.807, 2.05) is 0 Å². The van der Waals surface area contributed by atoms with Crippen LogP contribution in [-0.4, -0.2) is 31.7 Å². The molecule has 0 saturated carbocycles. The zero-order valence-corrected chi connectivity index (χ0v) is 7.41. The molecule has 0 heterocycles. The van der Waals surface area contributed by atoms with Gasteiger partial charge in [-0.3, -0.25) is 9.63 Å². The molecular formula is C5H13N2O2P. The molecule has 0 spiro atoms. The highest BCUT2D eigenvalue weighted by Crippen LogP contribution is 1.89. The number of hydrogen-bond donors (Lipinski definition) is 1. The number of hydroxylamine groups is 2. The van der Waals surface area contributed by atoms with Crippen LogP contribution in [0.15, 0.2) is 0 Å². The van der Waals surface area contributed by atoms with Gasteiger partial charge in [-0.2, -0.15) is 0 Å². The highest BCUT2D eigenvalue weighted by atomic mass is 31.0. The second kappa shape index (κ2) is 5.59. The van der Waals surface area contributed by atoms with E-state index in [0.717, 1.165) is 0 Å². The Balaban J connectivity index is 3.42. The van der Waals surface area contributed by atoms with Crippen molar-refractivity contribution in [3.63, 3.8) is 0 Å². The zero-order valence-electron chi connectivity index (χ0n) is 6.26. The van der Waals surface area contributed by atoms with Crippen LogP contribution in [0.5, 0.6) is 0 Å². The molecule has 0 aliphatic carbocycles. The zero-order chi connectivity index (χ0) is 7.98. The van der Waals surface area contributed by atoms with E-state index in [-0.39, 0.29) is 5.91 Å². The highest BCUT2D eigenvalue weighted by Gasteiger charge is 2.04. The van der Waals surface area contributed by atoms with Gasteiger partial charge in [-0.25, -0.2) is 5.06 Å². The van der Waals surface area contributed by atoms with Crippen LogP contribution in [0.1, 0.15) is 6.42 Å². The van der Waals surface area contributed by atoms with E-state index in [0.29, 0.717) is 13.0 Å². The maximum Gasteiger partial charge on any atom is 0.247 e. The molecule has 0 aromatic carbocycles. The molecular weight excluding hydrogens is 151 g/mol. The van der Waals surface area contributed by atoms with Gasteiger partial charge in [-0.15, -0.1) is 0 Å². The van der Waals surface area contributed by atoms with Gasteiger partial charge in [0.25, 0.3) is 0 Å². The fraction of sp³-hybridized carbons (Fsp3) is 0.800. The SMILES string of the molecule is CON(C)C(=O)CCNP. The van der Waals surface area contributed by atoms with Crippen molar-refractivity contribution in [2.24, 2.45) is 0 Å². The Morgan fingerprint density at radius 3 is 2.80 bits per heavy atom. The molecule has 0 aliphatic rings. The van der Waals surface area contributed by atoms with Crippen molar-refractivity contribution in [1.82, 2.24) is 10.2 Å². The molecule has 1 amide bonds. The predicted molar refractivity (Wildman–Crippen MR) is 42.1 cm³/mol. The summed E-state index contributed by atoms with van der Waals surface area (Å²) in [5, 5.41) is 4.00. The summed E-state index contributed by atoms with van der Waals surface area (Å²) in [5.41, 5.74) is 0. The van der Waals surface area contributed by atoms with Crippen molar-refractivity contribution in [3.8, 4) is 0 Å². The third kappa shape index (κ3) is 3.77. The van der Waals surface area contributed by atoms with Gasteiger partial charge in [0.15, 0.2) is 0 Å². The highest BCUT2D eigenvalue weighted by molar-refractivity contribution is 7.13. The summed E-state index contributed by atoms with van der Waals surface area (Å²) >= 11 is 0. The topological polar surface area (TPSA) is 41.6 Å². The first-order valence-corrected chi connectivity index (χ1v) is 3.54. The first-order valence-electron chi connectivity index (χ1n) is 2.96. The minimum Gasteiger partial charge on any atom is -0.300 e. The van der Waals surface area contributed by atoms with Gasteiger partial charge in [-0.1, -0.05) is 9.39 Å². The quantitative estimate of drug-likeness (QED) is 0.461. The van der Waals surface area contributed by atoms with Gasteiger partial charge < -0.3 is 5.09 Å². The van der Waals surface area contributed by atoms with E-state index in [1.54, 1.807) is 7.05 Å². The van der Waals surface area contributed by atoms with Gasteiger partial charge in [0.2, 0.25) is 5.91 Å². The molecule has 5 heteroatoms. The Labute approximate surface area is 63.1 Å². The molecule has 1 unspecified atom stereocenters. The number of hydrogen-bond acceptors (Lipinski definition) is 3. The lowest BCUT2D eigenvalue weighted by atomic mass is 10.4. The minimum atomic E-state index is -0.0301. The summed E-state index contributed by atoms with van der Waals surface area (Å²) in [4.78, 5) is 15.5. The Morgan fingerprint density at radius 2 is 2.40 bits per heavy atom. The van der Waals surface area contributed by atoms with Crippen LogP contribution in [0.3, 0.4) is 0 Å². The summed E-state index contributed by atoms with van der Waals surface area (Å²) in [6.45, 7) is 0.650. The summed E-state index contributed by atoms with van der Waals surface area (Å²) in [6, 6.07) is 0. The third-order valence-electron chi connectivity index (χ3n) is 1.11. The Morgan fingerprint density at radius 1 is 1.80 bits per heavy atom. The molecule has 60 valence electrons. The molecule has 10 heavy (non-hydrogen) atoms. The van der Waals surface area contributed by atoms with Gasteiger partial charge in [0, 0.05) is 20.0 Å². The van der Waals surface area contributed by atoms with Crippen LogP contribution >= 0.6 is 9.39 Å². The van der Waals surface area contributed by atoms with E-state index in [4.69, 9.17) is 0 Å². The first-order chi connectivity index (χ1) is 4.72. The second-order valence-corrected chi connectivity index (χ2v) is 2.19. The Kier molecular flexibility index (Phi) is 5.49. The average molecular weight is 164 g/mol. The Hall–Kier alpha value is -0.180. The van der Waals surface area contributed by atoms with Crippen molar-refractivity contribution in [2.45, 2.75) is 6.42 Å². The lowest BCUT2D eigenvalue weighted by molar-refractivity contribution is -0.168. The molecule has 0 saturated heterocycles. The van der Waals surface area contributed by atoms with E-state index in [2.05, 4.69) is 19.3 Å². The fourth-order valence-corrected chi connectivity index (χ4v) is 0.583. The standard InChI is InChI=1S/C5H13N2O2P/c1-7(9-2)5(8)3-4-6-10/h6H,3-4,10H2,1-2H3. The van der Waals surface area contributed by atoms with Crippen molar-refractivity contribution in [3.05, 3.63) is 0 Å². The van der Waals surface area contributed by atoms with Crippen molar-refractivity contribution in [1.29, 1.82) is 0 Å². The van der Waals surface area contributed by atoms with Gasteiger partial charge in [0.05, 0.1) is 7.11 Å². The lowest BCUT2D eigenvalue weighted by Gasteiger charge is -2.12. The van der Waals surface area contributed by atoms with Crippen LogP contribution in [0.4, 0.5) is 0 Å². The molecule has 0 aromatic heterocycles. The summed E-state index contributed by atoms with van der Waals surface area (Å²) in [6.07, 6.45) is 0.452. The molecule has 0 bridgehead atoms. The van der Waals surface area contributed by atoms with Crippen LogP contribution in [0.2, 0.25) is 0 Å². The second-order valence-electron chi connectivity index (χ2n) is 1.78. The number of carbonyl (C=O) groups excluding carboxylic acids is 1. The number of amides is 1. The third-order valence-corrected chi connectivity index (χ3v) is 1.40. The molecule has 0 aliphatic heterocycles. The summed E-state index contributed by atoms with van der Waals surface area (Å²) in [5.74, 6) is -0.0301. The maximum atomic E-state index is 10.9. The molecule has 0 aromatic rings. The first kappa shape index (κ1) is 9.82. The summed E-state index contributed by atoms with van der Waals surface area (Å²) in [7, 11) is 5.38. The van der Waals surface area contributed by atoms with Crippen molar-refractivity contribution in [2.75, 3.05) is 20.7 Å². The van der Waals surface area contributed by atoms with Crippen LogP contribution < -0.4 is 5.09 Å². The van der Waals surface area contributed by atoms with E-state index < -0.39 is 0 Å². The van der Waals surface area contributed by atoms with E-state index >= 15 is 0 Å². The molecule has 0 fully saturated rings. The Bertz CT molecular complexity index is 110. The largest absolute Gasteiger partial charge is 0.300 e. The van der Waals surface area contributed by atoms with E-state index in [1.165, 1.54) is 12.2 Å². The monoisotopic (exact) mass is 164 g/mol. The average Bonchev–Trinajstić information content (AvgIpc) is 1.98. The van der Waals surface area contributed by atoms with Crippen molar-refractivity contribution < 1.29 is 9.63 Å². The molecule has 4 nitrogen and oxygen atoms in total. The number of nitrogens with one attached hydrogen (secondary N) is 1. The molecule has 1 N–H and O–H groups in total. The molecule has 0 radical (unpaired) electrons. The minimum absolute atomic E-state index is 0.0301. The normalized spacial score (nSPS) is 9.50. The number of rotatable bonds is 4. The van der Waals surface area contributed by atoms with Gasteiger partial charge in [-0.05, 0) is 0 Å². The fourth-order valence-electron chi connectivity index (χ4n) is 0.438. The van der Waals surface area contributed by atoms with Gasteiger partial charge >= 0.3 is 0 Å². The van der Waals surface area contributed by atoms with Crippen LogP contribution in [0, 0.1) is 0 Å². The van der Waals surface area contributed by atoms with Gasteiger partial charge in [0.1, 0.15) is 0 Å². The smallest absolute Gasteiger partial charge is 0.247 e. The van der Waals surface area contributed by atoms with Crippen molar-refractivity contribution >= 4 is 15.3 Å². The lowest BCUT2D eigenvalue weighted by Crippen LogP contribution is -2.27. The van der Waals surface area contributed by atoms with Crippen LogP contribution in [0.25, 0.3) is 0 Å². The van der Waals surface area contributed by atoms with E-state index in [9.17, 15) is 4.79 Å². The maximum absolute atomic E-state index is 10.9. The molecule has 0 rings (SSSR count). The molecule has 1 atom stereocenters.